The van der Waals surface area contributed by atoms with Crippen LogP contribution >= 0.6 is 11.3 Å². The van der Waals surface area contributed by atoms with Gasteiger partial charge in [0, 0.05) is 4.88 Å². The molecule has 0 amide bonds. The van der Waals surface area contributed by atoms with E-state index in [4.69, 9.17) is 0 Å². The fourth-order valence-corrected chi connectivity index (χ4v) is 4.04. The summed E-state index contributed by atoms with van der Waals surface area (Å²) in [4.78, 5) is 1.58. The quantitative estimate of drug-likeness (QED) is 0.742. The molecule has 1 saturated carbocycles. The Labute approximate surface area is 122 Å². The van der Waals surface area contributed by atoms with E-state index in [0.717, 1.165) is 17.8 Å². The van der Waals surface area contributed by atoms with Crippen LogP contribution in [0.15, 0.2) is 17.5 Å². The first-order valence-corrected chi connectivity index (χ1v) is 8.86. The molecule has 2 heteroatoms. The summed E-state index contributed by atoms with van der Waals surface area (Å²) in [6.45, 7) is 6.99. The van der Waals surface area contributed by atoms with E-state index in [2.05, 4.69) is 36.7 Å². The van der Waals surface area contributed by atoms with E-state index >= 15 is 0 Å². The number of hydrogen-bond acceptors (Lipinski definition) is 2. The molecule has 0 aromatic carbocycles. The van der Waals surface area contributed by atoms with Crippen molar-refractivity contribution in [2.75, 3.05) is 13.1 Å². The molecule has 2 atom stereocenters. The second kappa shape index (κ2) is 8.06. The number of hydrogen-bond donors (Lipinski definition) is 1. The summed E-state index contributed by atoms with van der Waals surface area (Å²) < 4.78 is 0. The van der Waals surface area contributed by atoms with Crippen molar-refractivity contribution in [3.63, 3.8) is 0 Å². The monoisotopic (exact) mass is 279 g/mol. The fourth-order valence-electron chi connectivity index (χ4n) is 3.24. The Kier molecular flexibility index (Phi) is 6.39. The number of thiophene rings is 1. The molecule has 1 aromatic rings. The van der Waals surface area contributed by atoms with Gasteiger partial charge in [0.15, 0.2) is 0 Å². The molecule has 0 saturated heterocycles. The predicted molar refractivity (Wildman–Crippen MR) is 85.8 cm³/mol. The maximum absolute atomic E-state index is 3.70. The Hall–Kier alpha value is -0.340. The minimum absolute atomic E-state index is 0.765. The van der Waals surface area contributed by atoms with Gasteiger partial charge in [0.1, 0.15) is 0 Å². The van der Waals surface area contributed by atoms with Gasteiger partial charge in [-0.05, 0) is 61.6 Å². The third kappa shape index (κ3) is 5.27. The van der Waals surface area contributed by atoms with Crippen LogP contribution in [0.1, 0.15) is 50.8 Å². The van der Waals surface area contributed by atoms with Crippen molar-refractivity contribution in [2.45, 2.75) is 52.4 Å². The lowest BCUT2D eigenvalue weighted by molar-refractivity contribution is 0.295. The molecule has 1 nitrogen and oxygen atoms in total. The molecule has 1 aromatic heterocycles. The summed E-state index contributed by atoms with van der Waals surface area (Å²) in [7, 11) is 0. The van der Waals surface area contributed by atoms with E-state index in [1.807, 2.05) is 11.3 Å². The van der Waals surface area contributed by atoms with Crippen LogP contribution in [0.5, 0.6) is 0 Å². The van der Waals surface area contributed by atoms with Gasteiger partial charge in [0.25, 0.3) is 0 Å². The van der Waals surface area contributed by atoms with Gasteiger partial charge < -0.3 is 5.32 Å². The highest BCUT2D eigenvalue weighted by molar-refractivity contribution is 7.09. The van der Waals surface area contributed by atoms with E-state index in [9.17, 15) is 0 Å². The summed E-state index contributed by atoms with van der Waals surface area (Å²) in [5.41, 5.74) is 0. The summed E-state index contributed by atoms with van der Waals surface area (Å²) in [5, 5.41) is 5.92. The van der Waals surface area contributed by atoms with Crippen molar-refractivity contribution in [2.24, 2.45) is 17.8 Å². The molecule has 108 valence electrons. The van der Waals surface area contributed by atoms with Crippen molar-refractivity contribution >= 4 is 11.3 Å². The Morgan fingerprint density at radius 3 is 2.68 bits per heavy atom. The van der Waals surface area contributed by atoms with E-state index < -0.39 is 0 Å². The molecule has 0 bridgehead atoms. The molecule has 2 rings (SSSR count). The van der Waals surface area contributed by atoms with Crippen LogP contribution in [-0.2, 0) is 6.42 Å². The highest BCUT2D eigenvalue weighted by atomic mass is 32.1. The molecule has 0 aliphatic heterocycles. The maximum Gasteiger partial charge on any atom is 0.00480 e. The van der Waals surface area contributed by atoms with E-state index in [-0.39, 0.29) is 0 Å². The zero-order chi connectivity index (χ0) is 13.5. The third-order valence-electron chi connectivity index (χ3n) is 4.32. The molecular formula is C17H29NS. The smallest absolute Gasteiger partial charge is 0.00480 e. The molecule has 1 aliphatic rings. The van der Waals surface area contributed by atoms with Crippen LogP contribution in [0.4, 0.5) is 0 Å². The summed E-state index contributed by atoms with van der Waals surface area (Å²) >= 11 is 1.93. The first-order valence-electron chi connectivity index (χ1n) is 7.99. The van der Waals surface area contributed by atoms with Crippen LogP contribution in [0, 0.1) is 17.8 Å². The van der Waals surface area contributed by atoms with Crippen molar-refractivity contribution in [1.29, 1.82) is 0 Å². The van der Waals surface area contributed by atoms with Gasteiger partial charge in [-0.1, -0.05) is 39.2 Å². The minimum Gasteiger partial charge on any atom is -0.316 e. The molecular weight excluding hydrogens is 250 g/mol. The highest BCUT2D eigenvalue weighted by Gasteiger charge is 2.23. The second-order valence-corrected chi connectivity index (χ2v) is 7.53. The first-order chi connectivity index (χ1) is 9.25. The minimum atomic E-state index is 0.765. The molecule has 1 aliphatic carbocycles. The average molecular weight is 279 g/mol. The molecule has 19 heavy (non-hydrogen) atoms. The lowest BCUT2D eigenvalue weighted by Crippen LogP contribution is -2.31. The van der Waals surface area contributed by atoms with E-state index in [1.54, 1.807) is 4.88 Å². The normalized spacial score (nSPS) is 24.6. The lowest BCUT2D eigenvalue weighted by Gasteiger charge is -2.25. The Balaban J connectivity index is 1.87. The van der Waals surface area contributed by atoms with Crippen LogP contribution in [-0.4, -0.2) is 13.1 Å². The van der Waals surface area contributed by atoms with Crippen molar-refractivity contribution in [3.8, 4) is 0 Å². The van der Waals surface area contributed by atoms with Gasteiger partial charge >= 0.3 is 0 Å². The van der Waals surface area contributed by atoms with Crippen molar-refractivity contribution in [3.05, 3.63) is 22.4 Å². The van der Waals surface area contributed by atoms with E-state index in [1.165, 1.54) is 51.6 Å². The zero-order valence-electron chi connectivity index (χ0n) is 12.5. The summed E-state index contributed by atoms with van der Waals surface area (Å²) in [6, 6.07) is 4.51. The fraction of sp³-hybridized carbons (Fsp3) is 0.765. The molecule has 1 heterocycles. The molecule has 2 unspecified atom stereocenters. The van der Waals surface area contributed by atoms with Gasteiger partial charge in [-0.2, -0.15) is 0 Å². The number of rotatable bonds is 6. The maximum atomic E-state index is 3.70. The molecule has 1 fully saturated rings. The third-order valence-corrected chi connectivity index (χ3v) is 5.22. The Bertz CT molecular complexity index is 331. The number of nitrogens with one attached hydrogen (secondary N) is 1. The van der Waals surface area contributed by atoms with Crippen molar-refractivity contribution < 1.29 is 0 Å². The van der Waals surface area contributed by atoms with Gasteiger partial charge in [0.05, 0.1) is 0 Å². The first kappa shape index (κ1) is 15.1. The van der Waals surface area contributed by atoms with Gasteiger partial charge in [-0.25, -0.2) is 0 Å². The molecule has 0 spiro atoms. The Morgan fingerprint density at radius 2 is 2.00 bits per heavy atom. The predicted octanol–water partition coefficient (Wildman–Crippen LogP) is 4.73. The van der Waals surface area contributed by atoms with Crippen LogP contribution in [0.2, 0.25) is 0 Å². The molecule has 0 radical (unpaired) electrons. The van der Waals surface area contributed by atoms with Crippen molar-refractivity contribution in [1.82, 2.24) is 5.32 Å². The average Bonchev–Trinajstić information content (AvgIpc) is 2.78. The topological polar surface area (TPSA) is 12.0 Å². The lowest BCUT2D eigenvalue weighted by atomic mass is 9.85. The van der Waals surface area contributed by atoms with Gasteiger partial charge in [0.2, 0.25) is 0 Å². The zero-order valence-corrected chi connectivity index (χ0v) is 13.3. The molecule has 1 N–H and O–H groups in total. The summed E-state index contributed by atoms with van der Waals surface area (Å²) in [6.07, 6.45) is 8.51. The van der Waals surface area contributed by atoms with Crippen LogP contribution in [0.25, 0.3) is 0 Å². The van der Waals surface area contributed by atoms with Gasteiger partial charge in [-0.3, -0.25) is 0 Å². The van der Waals surface area contributed by atoms with E-state index in [0.29, 0.717) is 0 Å². The van der Waals surface area contributed by atoms with Gasteiger partial charge in [-0.15, -0.1) is 11.3 Å². The summed E-state index contributed by atoms with van der Waals surface area (Å²) in [5.74, 6) is 2.56. The van der Waals surface area contributed by atoms with Crippen LogP contribution in [0.3, 0.4) is 0 Å². The SMILES string of the molecule is CC(C)CNCC1CCCCCC1Cc1cccs1. The standard InChI is InChI=1S/C17H29NS/c1-14(2)12-18-13-16-8-5-3-4-7-15(16)11-17-9-6-10-19-17/h6,9-10,14-16,18H,3-5,7-8,11-13H2,1-2H3. The largest absolute Gasteiger partial charge is 0.316 e. The highest BCUT2D eigenvalue weighted by Crippen LogP contribution is 2.32. The Morgan fingerprint density at radius 1 is 1.21 bits per heavy atom. The second-order valence-electron chi connectivity index (χ2n) is 6.49. The van der Waals surface area contributed by atoms with Crippen LogP contribution < -0.4 is 5.32 Å².